The van der Waals surface area contributed by atoms with E-state index >= 15 is 0 Å². The minimum Gasteiger partial charge on any atom is -0.481 e. The number of ether oxygens (including phenoxy) is 3. The molecule has 0 unspecified atom stereocenters. The fourth-order valence-electron chi connectivity index (χ4n) is 4.75. The van der Waals surface area contributed by atoms with E-state index < -0.39 is 10.5 Å². The Morgan fingerprint density at radius 1 is 1.02 bits per heavy atom. The number of furan rings is 1. The molecule has 212 valence electrons. The Labute approximate surface area is 247 Å². The van der Waals surface area contributed by atoms with Crippen LogP contribution in [0.1, 0.15) is 11.1 Å². The molecule has 0 aliphatic carbocycles. The third-order valence-corrected chi connectivity index (χ3v) is 7.07. The summed E-state index contributed by atoms with van der Waals surface area (Å²) >= 11 is 6.47. The van der Waals surface area contributed by atoms with Gasteiger partial charge in [0.2, 0.25) is 18.4 Å². The Bertz CT molecular complexity index is 2120. The highest BCUT2D eigenvalue weighted by molar-refractivity contribution is 6.32. The number of hydrogen-bond donors (Lipinski definition) is 0. The average molecular weight is 595 g/mol. The lowest BCUT2D eigenvalue weighted by Gasteiger charge is -2.10. The van der Waals surface area contributed by atoms with Gasteiger partial charge in [-0.1, -0.05) is 48.0 Å². The number of halogens is 1. The number of hydrogen-bond acceptors (Lipinski definition) is 9. The number of nitro groups is 1. The van der Waals surface area contributed by atoms with Gasteiger partial charge in [0.25, 0.3) is 5.56 Å². The third kappa shape index (κ3) is 4.91. The van der Waals surface area contributed by atoms with Gasteiger partial charge in [0.15, 0.2) is 17.3 Å². The van der Waals surface area contributed by atoms with Crippen LogP contribution in [0.4, 0.5) is 5.69 Å². The number of para-hydroxylation sites is 2. The quantitative estimate of drug-likeness (QED) is 0.115. The zero-order chi connectivity index (χ0) is 29.5. The molecule has 0 radical (unpaired) electrons. The Kier molecular flexibility index (Phi) is 6.48. The molecule has 0 saturated heterocycles. The van der Waals surface area contributed by atoms with Crippen LogP contribution in [0.2, 0.25) is 5.02 Å². The van der Waals surface area contributed by atoms with E-state index in [-0.39, 0.29) is 41.2 Å². The highest BCUT2D eigenvalue weighted by Crippen LogP contribution is 2.38. The molecular formula is C31H19ClN4O7. The predicted molar refractivity (Wildman–Crippen MR) is 159 cm³/mol. The van der Waals surface area contributed by atoms with Crippen molar-refractivity contribution in [3.8, 4) is 28.8 Å². The predicted octanol–water partition coefficient (Wildman–Crippen LogP) is 6.56. The molecule has 3 heterocycles. The molecule has 0 bridgehead atoms. The van der Waals surface area contributed by atoms with Gasteiger partial charge in [-0.3, -0.25) is 14.9 Å². The summed E-state index contributed by atoms with van der Waals surface area (Å²) in [6.07, 6.45) is 1.30. The van der Waals surface area contributed by atoms with Crippen LogP contribution in [0.15, 0.2) is 99.2 Å². The molecule has 1 aliphatic rings. The Morgan fingerprint density at radius 2 is 1.84 bits per heavy atom. The highest BCUT2D eigenvalue weighted by atomic mass is 35.5. The molecule has 6 aromatic rings. The number of rotatable bonds is 7. The maximum absolute atomic E-state index is 13.5. The molecular weight excluding hydrogens is 576 g/mol. The standard InChI is InChI=1S/C31H19ClN4O7/c32-22-11-19(12-24(36(38)39)29(22)40-16-18-9-10-26-27(13-18)42-17-41-26)15-33-35-30(28-14-20-5-1-4-8-25(20)43-28)34-23-7-3-2-6-21(23)31(35)37/h1-15H,16-17H2. The van der Waals surface area contributed by atoms with Crippen molar-refractivity contribution in [2.24, 2.45) is 5.10 Å². The van der Waals surface area contributed by atoms with Crippen LogP contribution in [0, 0.1) is 10.1 Å². The molecule has 4 aromatic carbocycles. The summed E-state index contributed by atoms with van der Waals surface area (Å²) in [5, 5.41) is 17.5. The topological polar surface area (TPSA) is 131 Å². The van der Waals surface area contributed by atoms with E-state index in [1.165, 1.54) is 18.3 Å². The molecule has 7 rings (SSSR count). The minimum absolute atomic E-state index is 0.00196. The van der Waals surface area contributed by atoms with E-state index in [0.717, 1.165) is 10.1 Å². The first-order chi connectivity index (χ1) is 20.9. The first-order valence-corrected chi connectivity index (χ1v) is 13.4. The Hall–Kier alpha value is -5.68. The zero-order valence-corrected chi connectivity index (χ0v) is 22.9. The lowest BCUT2D eigenvalue weighted by Crippen LogP contribution is -2.20. The van der Waals surface area contributed by atoms with Gasteiger partial charge < -0.3 is 18.6 Å². The Morgan fingerprint density at radius 3 is 2.70 bits per heavy atom. The largest absolute Gasteiger partial charge is 0.481 e. The van der Waals surface area contributed by atoms with Crippen LogP contribution in [0.5, 0.6) is 17.2 Å². The van der Waals surface area contributed by atoms with Crippen molar-refractivity contribution in [3.63, 3.8) is 0 Å². The van der Waals surface area contributed by atoms with Crippen LogP contribution in [-0.4, -0.2) is 27.6 Å². The molecule has 11 nitrogen and oxygen atoms in total. The summed E-state index contributed by atoms with van der Waals surface area (Å²) in [5.74, 6) is 1.57. The fraction of sp³-hybridized carbons (Fsp3) is 0.0645. The van der Waals surface area contributed by atoms with E-state index in [2.05, 4.69) is 10.1 Å². The molecule has 43 heavy (non-hydrogen) atoms. The van der Waals surface area contributed by atoms with Gasteiger partial charge in [-0.05, 0) is 48.0 Å². The van der Waals surface area contributed by atoms with Gasteiger partial charge in [-0.25, -0.2) is 4.98 Å². The molecule has 0 amide bonds. The van der Waals surface area contributed by atoms with Crippen molar-refractivity contribution in [1.29, 1.82) is 0 Å². The van der Waals surface area contributed by atoms with Crippen LogP contribution < -0.4 is 19.8 Å². The molecule has 0 spiro atoms. The van der Waals surface area contributed by atoms with E-state index in [1.54, 1.807) is 48.5 Å². The van der Waals surface area contributed by atoms with Gasteiger partial charge in [-0.2, -0.15) is 9.78 Å². The minimum atomic E-state index is -0.595. The van der Waals surface area contributed by atoms with E-state index in [4.69, 9.17) is 30.2 Å². The zero-order valence-electron chi connectivity index (χ0n) is 22.1. The first-order valence-electron chi connectivity index (χ1n) is 13.0. The van der Waals surface area contributed by atoms with Crippen molar-refractivity contribution in [2.45, 2.75) is 6.61 Å². The maximum Gasteiger partial charge on any atom is 0.313 e. The van der Waals surface area contributed by atoms with Crippen LogP contribution in [0.3, 0.4) is 0 Å². The molecule has 0 fully saturated rings. The first kappa shape index (κ1) is 26.2. The van der Waals surface area contributed by atoms with Crippen molar-refractivity contribution >= 4 is 45.4 Å². The molecule has 1 aliphatic heterocycles. The lowest BCUT2D eigenvalue weighted by molar-refractivity contribution is -0.385. The molecule has 2 aromatic heterocycles. The summed E-state index contributed by atoms with van der Waals surface area (Å²) in [6, 6.07) is 24.0. The SMILES string of the molecule is O=c1c2ccccc2nc(-c2cc3ccccc3o2)n1N=Cc1cc(Cl)c(OCc2ccc3c(c2)OCO3)c([N+](=O)[O-])c1. The second kappa shape index (κ2) is 10.6. The van der Waals surface area contributed by atoms with Crippen LogP contribution >= 0.6 is 11.6 Å². The van der Waals surface area contributed by atoms with Crippen molar-refractivity contribution < 1.29 is 23.6 Å². The second-order valence-corrected chi connectivity index (χ2v) is 9.95. The summed E-state index contributed by atoms with van der Waals surface area (Å²) in [4.78, 5) is 29.6. The van der Waals surface area contributed by atoms with Crippen molar-refractivity contribution in [2.75, 3.05) is 6.79 Å². The normalized spacial score (nSPS) is 12.4. The summed E-state index contributed by atoms with van der Waals surface area (Å²) < 4.78 is 23.6. The number of aromatic nitrogens is 2. The molecule has 12 heteroatoms. The molecule has 0 N–H and O–H groups in total. The molecule has 0 saturated carbocycles. The lowest BCUT2D eigenvalue weighted by atomic mass is 10.2. The number of fused-ring (bicyclic) bond motifs is 3. The van der Waals surface area contributed by atoms with Gasteiger partial charge in [0.1, 0.15) is 12.2 Å². The van der Waals surface area contributed by atoms with Gasteiger partial charge in [0, 0.05) is 17.0 Å². The number of nitro benzene ring substituents is 1. The van der Waals surface area contributed by atoms with E-state index in [0.29, 0.717) is 39.3 Å². The number of nitrogens with zero attached hydrogens (tertiary/aromatic N) is 4. The summed E-state index contributed by atoms with van der Waals surface area (Å²) in [7, 11) is 0. The second-order valence-electron chi connectivity index (χ2n) is 9.55. The van der Waals surface area contributed by atoms with E-state index in [9.17, 15) is 14.9 Å². The van der Waals surface area contributed by atoms with Gasteiger partial charge in [-0.15, -0.1) is 0 Å². The summed E-state index contributed by atoms with van der Waals surface area (Å²) in [5.41, 5.74) is 1.26. The smallest absolute Gasteiger partial charge is 0.313 e. The summed E-state index contributed by atoms with van der Waals surface area (Å²) in [6.45, 7) is 0.130. The van der Waals surface area contributed by atoms with Gasteiger partial charge in [0.05, 0.1) is 27.1 Å². The maximum atomic E-state index is 13.5. The Balaban J connectivity index is 1.26. The molecule has 0 atom stereocenters. The van der Waals surface area contributed by atoms with Crippen LogP contribution in [-0.2, 0) is 6.61 Å². The fourth-order valence-corrected chi connectivity index (χ4v) is 5.02. The number of benzene rings is 4. The van der Waals surface area contributed by atoms with Crippen molar-refractivity contribution in [3.05, 3.63) is 122 Å². The van der Waals surface area contributed by atoms with Gasteiger partial charge >= 0.3 is 5.69 Å². The van der Waals surface area contributed by atoms with E-state index in [1.807, 2.05) is 24.3 Å². The van der Waals surface area contributed by atoms with Crippen molar-refractivity contribution in [1.82, 2.24) is 9.66 Å². The monoisotopic (exact) mass is 594 g/mol. The third-order valence-electron chi connectivity index (χ3n) is 6.79. The van der Waals surface area contributed by atoms with Crippen LogP contribution in [0.25, 0.3) is 33.5 Å². The highest BCUT2D eigenvalue weighted by Gasteiger charge is 2.22. The average Bonchev–Trinajstić information content (AvgIpc) is 3.66.